The van der Waals surface area contributed by atoms with E-state index in [-0.39, 0.29) is 0 Å². The predicted molar refractivity (Wildman–Crippen MR) is 52.3 cm³/mol. The average molecular weight is 167 g/mol. The molecule has 0 unspecified atom stereocenters. The van der Waals surface area contributed by atoms with Gasteiger partial charge in [0.05, 0.1) is 6.04 Å². The van der Waals surface area contributed by atoms with Gasteiger partial charge in [-0.3, -0.25) is 4.99 Å². The number of hydrogen-bond donors (Lipinski definition) is 2. The van der Waals surface area contributed by atoms with E-state index in [1.54, 1.807) is 6.20 Å². The maximum Gasteiger partial charge on any atom is 0.0523 e. The monoisotopic (exact) mass is 167 g/mol. The number of piperidine rings is 1. The molecule has 1 heterocycles. The molecule has 0 spiro atoms. The molecule has 0 saturated carbocycles. The van der Waals surface area contributed by atoms with Crippen LogP contribution in [-0.2, 0) is 0 Å². The van der Waals surface area contributed by atoms with E-state index in [1.807, 2.05) is 13.1 Å². The summed E-state index contributed by atoms with van der Waals surface area (Å²) < 4.78 is 0. The third-order valence-corrected chi connectivity index (χ3v) is 2.06. The van der Waals surface area contributed by atoms with Crippen molar-refractivity contribution in [3.05, 3.63) is 11.8 Å². The number of allylic oxidation sites excluding steroid dienone is 1. The number of nitrogens with zero attached hydrogens (tertiary/aromatic N) is 1. The van der Waals surface area contributed by atoms with Gasteiger partial charge in [0, 0.05) is 6.21 Å². The molecule has 1 rings (SSSR count). The Bertz CT molecular complexity index is 178. The smallest absolute Gasteiger partial charge is 0.0523 e. The van der Waals surface area contributed by atoms with Crippen molar-refractivity contribution < 1.29 is 0 Å². The highest BCUT2D eigenvalue weighted by molar-refractivity contribution is 5.77. The summed E-state index contributed by atoms with van der Waals surface area (Å²) in [5.41, 5.74) is 6.36. The van der Waals surface area contributed by atoms with Crippen LogP contribution < -0.4 is 11.1 Å². The summed E-state index contributed by atoms with van der Waals surface area (Å²) in [6, 6.07) is 0.501. The molecule has 0 aromatic carbocycles. The molecule has 0 aromatic heterocycles. The highest BCUT2D eigenvalue weighted by Crippen LogP contribution is 2.06. The quantitative estimate of drug-likeness (QED) is 0.594. The molecule has 1 aliphatic heterocycles. The van der Waals surface area contributed by atoms with Crippen molar-refractivity contribution in [2.45, 2.75) is 25.8 Å². The topological polar surface area (TPSA) is 50.4 Å². The van der Waals surface area contributed by atoms with Crippen molar-refractivity contribution in [3.63, 3.8) is 0 Å². The minimum absolute atomic E-state index is 0.501. The van der Waals surface area contributed by atoms with E-state index >= 15 is 0 Å². The number of hydrogen-bond acceptors (Lipinski definition) is 3. The highest BCUT2D eigenvalue weighted by atomic mass is 14.9. The van der Waals surface area contributed by atoms with Crippen molar-refractivity contribution in [1.29, 1.82) is 0 Å². The predicted octanol–water partition coefficient (Wildman–Crippen LogP) is 0.672. The van der Waals surface area contributed by atoms with E-state index in [0.29, 0.717) is 6.04 Å². The molecule has 0 bridgehead atoms. The fraction of sp³-hybridized carbons (Fsp3) is 0.667. The Balaban J connectivity index is 2.33. The number of aliphatic imine (C=N–C) groups is 1. The third-order valence-electron chi connectivity index (χ3n) is 2.06. The van der Waals surface area contributed by atoms with Gasteiger partial charge in [-0.2, -0.15) is 0 Å². The van der Waals surface area contributed by atoms with Crippen molar-refractivity contribution >= 4 is 6.21 Å². The van der Waals surface area contributed by atoms with E-state index in [0.717, 1.165) is 31.5 Å². The second-order valence-corrected chi connectivity index (χ2v) is 3.17. The van der Waals surface area contributed by atoms with Gasteiger partial charge in [0.2, 0.25) is 0 Å². The fourth-order valence-electron chi connectivity index (χ4n) is 1.22. The zero-order chi connectivity index (χ0) is 8.81. The van der Waals surface area contributed by atoms with Gasteiger partial charge < -0.3 is 11.1 Å². The molecule has 12 heavy (non-hydrogen) atoms. The number of rotatable bonds is 2. The maximum atomic E-state index is 5.32. The minimum atomic E-state index is 0.501. The molecule has 0 radical (unpaired) electrons. The van der Waals surface area contributed by atoms with Crippen LogP contribution in [-0.4, -0.2) is 25.3 Å². The lowest BCUT2D eigenvalue weighted by Crippen LogP contribution is -2.29. The van der Waals surface area contributed by atoms with Gasteiger partial charge in [-0.15, -0.1) is 0 Å². The zero-order valence-electron chi connectivity index (χ0n) is 7.59. The van der Waals surface area contributed by atoms with Crippen molar-refractivity contribution in [2.24, 2.45) is 10.7 Å². The van der Waals surface area contributed by atoms with Gasteiger partial charge in [0.15, 0.2) is 0 Å². The molecule has 3 nitrogen and oxygen atoms in total. The van der Waals surface area contributed by atoms with Crippen LogP contribution in [0.2, 0.25) is 0 Å². The van der Waals surface area contributed by atoms with Crippen LogP contribution >= 0.6 is 0 Å². The van der Waals surface area contributed by atoms with E-state index in [9.17, 15) is 0 Å². The van der Waals surface area contributed by atoms with Gasteiger partial charge in [-0.25, -0.2) is 0 Å². The molecule has 0 atom stereocenters. The summed E-state index contributed by atoms with van der Waals surface area (Å²) in [6.07, 6.45) is 5.75. The van der Waals surface area contributed by atoms with Gasteiger partial charge in [0.25, 0.3) is 0 Å². The van der Waals surface area contributed by atoms with E-state index in [1.165, 1.54) is 0 Å². The Labute approximate surface area is 73.7 Å². The minimum Gasteiger partial charge on any atom is -0.404 e. The van der Waals surface area contributed by atoms with Crippen LogP contribution in [0.1, 0.15) is 19.8 Å². The van der Waals surface area contributed by atoms with Crippen LogP contribution in [0.15, 0.2) is 16.8 Å². The molecule has 1 aliphatic rings. The molecule has 1 saturated heterocycles. The first-order chi connectivity index (χ1) is 5.83. The first-order valence-corrected chi connectivity index (χ1v) is 4.45. The van der Waals surface area contributed by atoms with Crippen LogP contribution in [0.4, 0.5) is 0 Å². The Hall–Kier alpha value is -0.830. The third kappa shape index (κ3) is 3.05. The van der Waals surface area contributed by atoms with Gasteiger partial charge in [-0.05, 0) is 44.6 Å². The lowest BCUT2D eigenvalue weighted by Gasteiger charge is -2.18. The zero-order valence-corrected chi connectivity index (χ0v) is 7.59. The molecule has 3 heteroatoms. The maximum absolute atomic E-state index is 5.32. The van der Waals surface area contributed by atoms with E-state index in [4.69, 9.17) is 5.73 Å². The van der Waals surface area contributed by atoms with Crippen LogP contribution in [0.3, 0.4) is 0 Å². The second kappa shape index (κ2) is 4.93. The molecular weight excluding hydrogens is 150 g/mol. The molecule has 0 aromatic rings. The molecule has 68 valence electrons. The summed E-state index contributed by atoms with van der Waals surface area (Å²) >= 11 is 0. The Morgan fingerprint density at radius 1 is 1.50 bits per heavy atom. The molecular formula is C9H17N3. The summed E-state index contributed by atoms with van der Waals surface area (Å²) in [6.45, 7) is 4.14. The Morgan fingerprint density at radius 2 is 2.17 bits per heavy atom. The molecule has 0 aliphatic carbocycles. The van der Waals surface area contributed by atoms with E-state index in [2.05, 4.69) is 10.3 Å². The largest absolute Gasteiger partial charge is 0.404 e. The lowest BCUT2D eigenvalue weighted by atomic mass is 10.1. The van der Waals surface area contributed by atoms with Crippen LogP contribution in [0, 0.1) is 0 Å². The Kier molecular flexibility index (Phi) is 3.80. The summed E-state index contributed by atoms with van der Waals surface area (Å²) in [5, 5.41) is 3.30. The molecule has 0 amide bonds. The summed E-state index contributed by atoms with van der Waals surface area (Å²) in [5.74, 6) is 0. The fourth-order valence-corrected chi connectivity index (χ4v) is 1.22. The first kappa shape index (κ1) is 9.26. The van der Waals surface area contributed by atoms with Crippen molar-refractivity contribution in [3.8, 4) is 0 Å². The molecule has 3 N–H and O–H groups in total. The number of nitrogens with one attached hydrogen (secondary N) is 1. The van der Waals surface area contributed by atoms with Gasteiger partial charge in [0.1, 0.15) is 0 Å². The molecule has 1 fully saturated rings. The average Bonchev–Trinajstić information content (AvgIpc) is 2.16. The second-order valence-electron chi connectivity index (χ2n) is 3.17. The van der Waals surface area contributed by atoms with E-state index < -0.39 is 0 Å². The highest BCUT2D eigenvalue weighted by Gasteiger charge is 2.09. The van der Waals surface area contributed by atoms with Crippen molar-refractivity contribution in [1.82, 2.24) is 5.32 Å². The Morgan fingerprint density at radius 3 is 2.75 bits per heavy atom. The van der Waals surface area contributed by atoms with Crippen molar-refractivity contribution in [2.75, 3.05) is 13.1 Å². The lowest BCUT2D eigenvalue weighted by molar-refractivity contribution is 0.461. The number of nitrogens with two attached hydrogens (primary N) is 1. The standard InChI is InChI=1S/C9H17N3/c1-8(6-10)7-12-9-2-4-11-5-3-9/h6-7,9,11H,2-5,10H2,1H3. The normalized spacial score (nSPS) is 21.9. The van der Waals surface area contributed by atoms with Gasteiger partial charge in [-0.1, -0.05) is 0 Å². The summed E-state index contributed by atoms with van der Waals surface area (Å²) in [7, 11) is 0. The van der Waals surface area contributed by atoms with Crippen LogP contribution in [0.25, 0.3) is 0 Å². The first-order valence-electron chi connectivity index (χ1n) is 4.45. The van der Waals surface area contributed by atoms with Gasteiger partial charge >= 0.3 is 0 Å². The SMILES string of the molecule is CC(C=NC1CCNCC1)=CN. The van der Waals surface area contributed by atoms with Crippen LogP contribution in [0.5, 0.6) is 0 Å². The summed E-state index contributed by atoms with van der Waals surface area (Å²) in [4.78, 5) is 4.44.